The van der Waals surface area contributed by atoms with Gasteiger partial charge in [-0.15, -0.1) is 21.5 Å². The van der Waals surface area contributed by atoms with Gasteiger partial charge < -0.3 is 0 Å². The molecule has 1 aromatic carbocycles. The summed E-state index contributed by atoms with van der Waals surface area (Å²) in [4.78, 5) is 8.90. The standard InChI is InChI=1S/C18H8F6N4S/c19-17(20,21)9-3-4-10(11(8-9)18(22,23)24)13-15-16(26-6-5-25-15)14(28-27-13)12-2-1-7-29-12/h1-8H. The first kappa shape index (κ1) is 19.2. The first-order chi connectivity index (χ1) is 13.7. The summed E-state index contributed by atoms with van der Waals surface area (Å²) in [5.41, 5.74) is -3.20. The molecule has 0 aliphatic carbocycles. The molecule has 3 heterocycles. The van der Waals surface area contributed by atoms with E-state index in [4.69, 9.17) is 0 Å². The van der Waals surface area contributed by atoms with Crippen LogP contribution in [0.1, 0.15) is 11.1 Å². The number of thiophene rings is 1. The Morgan fingerprint density at radius 1 is 0.759 bits per heavy atom. The Morgan fingerprint density at radius 3 is 2.00 bits per heavy atom. The van der Waals surface area contributed by atoms with Crippen LogP contribution in [0.4, 0.5) is 26.3 Å². The molecule has 11 heteroatoms. The number of nitrogens with zero attached hydrogens (tertiary/aromatic N) is 4. The minimum Gasteiger partial charge on any atom is -0.251 e. The molecule has 0 aliphatic heterocycles. The predicted molar refractivity (Wildman–Crippen MR) is 93.9 cm³/mol. The molecule has 0 fully saturated rings. The van der Waals surface area contributed by atoms with Crippen LogP contribution < -0.4 is 0 Å². The maximum absolute atomic E-state index is 13.6. The fourth-order valence-electron chi connectivity index (χ4n) is 2.80. The van der Waals surface area contributed by atoms with Crippen molar-refractivity contribution in [1.82, 2.24) is 20.2 Å². The summed E-state index contributed by atoms with van der Waals surface area (Å²) in [6, 6.07) is 4.86. The number of aromatic nitrogens is 4. The van der Waals surface area contributed by atoms with E-state index in [1.54, 1.807) is 17.5 Å². The fraction of sp³-hybridized carbons (Fsp3) is 0.111. The van der Waals surface area contributed by atoms with Gasteiger partial charge in [-0.25, -0.2) is 0 Å². The molecule has 0 radical (unpaired) electrons. The summed E-state index contributed by atoms with van der Waals surface area (Å²) in [5, 5.41) is 9.64. The normalized spacial score (nSPS) is 12.5. The van der Waals surface area contributed by atoms with E-state index >= 15 is 0 Å². The summed E-state index contributed by atoms with van der Waals surface area (Å²) in [6.45, 7) is 0. The molecule has 0 saturated carbocycles. The molecule has 0 amide bonds. The second-order valence-corrected chi connectivity index (χ2v) is 6.83. The average molecular weight is 426 g/mol. The second-order valence-electron chi connectivity index (χ2n) is 5.88. The largest absolute Gasteiger partial charge is 0.417 e. The molecule has 4 nitrogen and oxygen atoms in total. The summed E-state index contributed by atoms with van der Waals surface area (Å²) in [7, 11) is 0. The van der Waals surface area contributed by atoms with Crippen molar-refractivity contribution in [1.29, 1.82) is 0 Å². The molecule has 0 aliphatic rings. The van der Waals surface area contributed by atoms with Gasteiger partial charge in [0.05, 0.1) is 16.0 Å². The van der Waals surface area contributed by atoms with Crippen molar-refractivity contribution < 1.29 is 26.3 Å². The number of alkyl halides is 6. The quantitative estimate of drug-likeness (QED) is 0.377. The number of hydrogen-bond acceptors (Lipinski definition) is 5. The van der Waals surface area contributed by atoms with E-state index in [9.17, 15) is 26.3 Å². The van der Waals surface area contributed by atoms with Gasteiger partial charge >= 0.3 is 12.4 Å². The van der Waals surface area contributed by atoms with Gasteiger partial charge in [0.2, 0.25) is 0 Å². The maximum atomic E-state index is 13.6. The molecule has 4 rings (SSSR count). The van der Waals surface area contributed by atoms with Crippen LogP contribution in [0.25, 0.3) is 32.9 Å². The smallest absolute Gasteiger partial charge is 0.251 e. The number of hydrogen-bond donors (Lipinski definition) is 0. The van der Waals surface area contributed by atoms with Crippen molar-refractivity contribution in [2.75, 3.05) is 0 Å². The molecular formula is C18H8F6N4S. The second kappa shape index (κ2) is 6.76. The summed E-state index contributed by atoms with van der Waals surface area (Å²) in [5.74, 6) is 0. The van der Waals surface area contributed by atoms with Gasteiger partial charge in [-0.1, -0.05) is 12.1 Å². The van der Waals surface area contributed by atoms with Crippen LogP contribution in [-0.4, -0.2) is 20.2 Å². The van der Waals surface area contributed by atoms with Crippen LogP contribution in [0.2, 0.25) is 0 Å². The van der Waals surface area contributed by atoms with Crippen LogP contribution in [0.5, 0.6) is 0 Å². The lowest BCUT2D eigenvalue weighted by atomic mass is 9.99. The lowest BCUT2D eigenvalue weighted by Gasteiger charge is -2.16. The van der Waals surface area contributed by atoms with Gasteiger partial charge in [0.25, 0.3) is 0 Å². The van der Waals surface area contributed by atoms with Crippen LogP contribution in [0, 0.1) is 0 Å². The van der Waals surface area contributed by atoms with Gasteiger partial charge in [-0.3, -0.25) is 9.97 Å². The van der Waals surface area contributed by atoms with Crippen molar-refractivity contribution in [2.45, 2.75) is 12.4 Å². The Labute approximate surface area is 162 Å². The highest BCUT2D eigenvalue weighted by atomic mass is 32.1. The Morgan fingerprint density at radius 2 is 1.41 bits per heavy atom. The highest BCUT2D eigenvalue weighted by Crippen LogP contribution is 2.42. The fourth-order valence-corrected chi connectivity index (χ4v) is 3.51. The van der Waals surface area contributed by atoms with Crippen molar-refractivity contribution in [3.63, 3.8) is 0 Å². The Kier molecular flexibility index (Phi) is 4.49. The summed E-state index contributed by atoms with van der Waals surface area (Å²) in [6.07, 6.45) is -7.35. The number of fused-ring (bicyclic) bond motifs is 1. The van der Waals surface area contributed by atoms with Crippen LogP contribution in [0.15, 0.2) is 48.1 Å². The third kappa shape index (κ3) is 3.53. The highest BCUT2D eigenvalue weighted by Gasteiger charge is 2.39. The summed E-state index contributed by atoms with van der Waals surface area (Å²) < 4.78 is 79.5. The van der Waals surface area contributed by atoms with Crippen molar-refractivity contribution in [2.24, 2.45) is 0 Å². The molecule has 0 atom stereocenters. The van der Waals surface area contributed by atoms with E-state index in [0.717, 1.165) is 6.07 Å². The minimum absolute atomic E-state index is 0.0103. The van der Waals surface area contributed by atoms with Gasteiger partial charge in [0.1, 0.15) is 22.4 Å². The van der Waals surface area contributed by atoms with Crippen LogP contribution >= 0.6 is 11.3 Å². The third-order valence-corrected chi connectivity index (χ3v) is 4.94. The zero-order chi connectivity index (χ0) is 20.8. The van der Waals surface area contributed by atoms with Gasteiger partial charge in [-0.05, 0) is 23.6 Å². The monoisotopic (exact) mass is 426 g/mol. The molecule has 0 spiro atoms. The van der Waals surface area contributed by atoms with Gasteiger partial charge in [0, 0.05) is 18.0 Å². The van der Waals surface area contributed by atoms with E-state index < -0.39 is 29.0 Å². The number of rotatable bonds is 2. The van der Waals surface area contributed by atoms with E-state index in [1.807, 2.05) is 0 Å². The van der Waals surface area contributed by atoms with E-state index in [2.05, 4.69) is 20.2 Å². The van der Waals surface area contributed by atoms with Crippen molar-refractivity contribution >= 4 is 22.4 Å². The molecule has 0 N–H and O–H groups in total. The van der Waals surface area contributed by atoms with Crippen molar-refractivity contribution in [3.05, 3.63) is 59.2 Å². The molecule has 4 aromatic rings. The molecular weight excluding hydrogens is 418 g/mol. The topological polar surface area (TPSA) is 51.6 Å². The molecule has 29 heavy (non-hydrogen) atoms. The molecule has 0 saturated heterocycles. The zero-order valence-electron chi connectivity index (χ0n) is 14.1. The van der Waals surface area contributed by atoms with E-state index in [1.165, 1.54) is 23.7 Å². The molecule has 0 unspecified atom stereocenters. The van der Waals surface area contributed by atoms with Crippen LogP contribution in [0.3, 0.4) is 0 Å². The summed E-state index contributed by atoms with van der Waals surface area (Å²) >= 11 is 1.33. The average Bonchev–Trinajstić information content (AvgIpc) is 3.20. The minimum atomic E-state index is -5.04. The Balaban J connectivity index is 2.00. The lowest BCUT2D eigenvalue weighted by molar-refractivity contribution is -0.142. The molecule has 3 aromatic heterocycles. The van der Waals surface area contributed by atoms with Gasteiger partial charge in [0.15, 0.2) is 0 Å². The predicted octanol–water partition coefficient (Wildman–Crippen LogP) is 5.85. The molecule has 148 valence electrons. The van der Waals surface area contributed by atoms with Crippen LogP contribution in [-0.2, 0) is 12.4 Å². The number of benzene rings is 1. The third-order valence-electron chi connectivity index (χ3n) is 4.06. The van der Waals surface area contributed by atoms with E-state index in [-0.39, 0.29) is 22.8 Å². The first-order valence-corrected chi connectivity index (χ1v) is 8.84. The SMILES string of the molecule is FC(F)(F)c1ccc(-c2nnc(-c3cccs3)c3nccnc23)c(C(F)(F)F)c1. The number of halogens is 6. The van der Waals surface area contributed by atoms with E-state index in [0.29, 0.717) is 16.6 Å². The molecule has 0 bridgehead atoms. The Bertz CT molecular complexity index is 1190. The zero-order valence-corrected chi connectivity index (χ0v) is 14.9. The first-order valence-electron chi connectivity index (χ1n) is 7.96. The maximum Gasteiger partial charge on any atom is 0.417 e. The van der Waals surface area contributed by atoms with Gasteiger partial charge in [-0.2, -0.15) is 26.3 Å². The lowest BCUT2D eigenvalue weighted by Crippen LogP contribution is -2.13. The van der Waals surface area contributed by atoms with Crippen molar-refractivity contribution in [3.8, 4) is 21.8 Å². The Hall–Kier alpha value is -3.08. The highest BCUT2D eigenvalue weighted by molar-refractivity contribution is 7.13.